The first kappa shape index (κ1) is 18.5. The summed E-state index contributed by atoms with van der Waals surface area (Å²) < 4.78 is 36.4. The second-order valence-corrected chi connectivity index (χ2v) is 6.74. The lowest BCUT2D eigenvalue weighted by Crippen LogP contribution is -2.43. The number of urea groups is 1. The molecule has 21 heavy (non-hydrogen) atoms. The van der Waals surface area contributed by atoms with E-state index in [1.54, 1.807) is 0 Å². The monoisotopic (exact) mass is 382 g/mol. The Morgan fingerprint density at radius 2 is 1.76 bits per heavy atom. The van der Waals surface area contributed by atoms with Crippen molar-refractivity contribution in [3.05, 3.63) is 29.8 Å². The van der Waals surface area contributed by atoms with E-state index in [-0.39, 0.29) is 0 Å². The molecule has 2 amide bonds. The summed E-state index contributed by atoms with van der Waals surface area (Å²) >= 11 is 22.3. The molecular formula is C11H9Cl4F3N2O. The standard InChI is InChI=1S/C11H9Cl4F3N2O/c1-20(8(12)10(13,14)15)9(21)19-7-5-3-2-4-6(7)11(16,17)18/h2-5,8H,1H3,(H,19,21). The van der Waals surface area contributed by atoms with Crippen LogP contribution in [0.3, 0.4) is 0 Å². The number of benzene rings is 1. The van der Waals surface area contributed by atoms with Gasteiger partial charge in [-0.05, 0) is 12.1 Å². The van der Waals surface area contributed by atoms with Crippen LogP contribution in [0.4, 0.5) is 23.7 Å². The van der Waals surface area contributed by atoms with Gasteiger partial charge in [0.2, 0.25) is 3.79 Å². The lowest BCUT2D eigenvalue weighted by Gasteiger charge is -2.28. The lowest BCUT2D eigenvalue weighted by molar-refractivity contribution is -0.136. The zero-order valence-corrected chi connectivity index (χ0v) is 13.4. The third kappa shape index (κ3) is 4.98. The second kappa shape index (κ2) is 6.69. The molecule has 3 nitrogen and oxygen atoms in total. The number of para-hydroxylation sites is 1. The number of carbonyl (C=O) groups is 1. The van der Waals surface area contributed by atoms with Crippen LogP contribution in [0.15, 0.2) is 24.3 Å². The van der Waals surface area contributed by atoms with Crippen LogP contribution in [-0.2, 0) is 6.18 Å². The number of alkyl halides is 7. The van der Waals surface area contributed by atoms with Crippen LogP contribution in [0.5, 0.6) is 0 Å². The van der Waals surface area contributed by atoms with Crippen molar-refractivity contribution in [3.8, 4) is 0 Å². The minimum absolute atomic E-state index is 0.421. The van der Waals surface area contributed by atoms with Gasteiger partial charge in [-0.3, -0.25) is 0 Å². The molecule has 118 valence electrons. The molecule has 1 aromatic rings. The van der Waals surface area contributed by atoms with Gasteiger partial charge in [0, 0.05) is 7.05 Å². The SMILES string of the molecule is CN(C(=O)Nc1ccccc1C(F)(F)F)C(Cl)C(Cl)(Cl)Cl. The predicted octanol–water partition coefficient (Wildman–Crippen LogP) is 5.10. The van der Waals surface area contributed by atoms with E-state index >= 15 is 0 Å². The minimum Gasteiger partial charge on any atom is -0.307 e. The lowest BCUT2D eigenvalue weighted by atomic mass is 10.1. The fraction of sp³-hybridized carbons (Fsp3) is 0.364. The molecule has 0 aliphatic heterocycles. The highest BCUT2D eigenvalue weighted by Crippen LogP contribution is 2.37. The van der Waals surface area contributed by atoms with Crippen molar-refractivity contribution in [1.82, 2.24) is 4.90 Å². The Hall–Kier alpha value is -0.560. The number of halogens is 7. The first-order chi connectivity index (χ1) is 9.44. The Balaban J connectivity index is 2.95. The Kier molecular flexibility index (Phi) is 5.89. The topological polar surface area (TPSA) is 32.3 Å². The molecule has 0 aliphatic carbocycles. The molecule has 10 heteroatoms. The van der Waals surface area contributed by atoms with Crippen molar-refractivity contribution in [2.75, 3.05) is 12.4 Å². The molecule has 0 saturated carbocycles. The molecule has 0 aromatic heterocycles. The molecule has 1 atom stereocenters. The van der Waals surface area contributed by atoms with Crippen LogP contribution in [0, 0.1) is 0 Å². The van der Waals surface area contributed by atoms with E-state index in [9.17, 15) is 18.0 Å². The number of hydrogen-bond donors (Lipinski definition) is 1. The molecule has 0 saturated heterocycles. The van der Waals surface area contributed by atoms with E-state index < -0.39 is 32.8 Å². The Morgan fingerprint density at radius 1 is 1.24 bits per heavy atom. The molecule has 0 spiro atoms. The summed E-state index contributed by atoms with van der Waals surface area (Å²) in [4.78, 5) is 12.6. The van der Waals surface area contributed by atoms with E-state index in [4.69, 9.17) is 46.4 Å². The van der Waals surface area contributed by atoms with Gasteiger partial charge in [-0.2, -0.15) is 13.2 Å². The van der Waals surface area contributed by atoms with Gasteiger partial charge in [0.25, 0.3) is 0 Å². The molecule has 0 fully saturated rings. The third-order valence-corrected chi connectivity index (χ3v) is 3.98. The summed E-state index contributed by atoms with van der Waals surface area (Å²) in [6.07, 6.45) is -4.61. The van der Waals surface area contributed by atoms with Gasteiger partial charge in [0.05, 0.1) is 11.3 Å². The van der Waals surface area contributed by atoms with Crippen molar-refractivity contribution >= 4 is 58.1 Å². The van der Waals surface area contributed by atoms with E-state index in [2.05, 4.69) is 5.32 Å². The van der Waals surface area contributed by atoms with E-state index in [0.717, 1.165) is 17.0 Å². The van der Waals surface area contributed by atoms with Gasteiger partial charge in [-0.25, -0.2) is 4.79 Å². The maximum absolute atomic E-state index is 12.8. The number of nitrogens with zero attached hydrogens (tertiary/aromatic N) is 1. The number of amides is 2. The first-order valence-electron chi connectivity index (χ1n) is 5.35. The van der Waals surface area contributed by atoms with Crippen LogP contribution in [0.2, 0.25) is 0 Å². The highest BCUT2D eigenvalue weighted by molar-refractivity contribution is 6.70. The minimum atomic E-state index is -4.61. The quantitative estimate of drug-likeness (QED) is 0.558. The number of rotatable bonds is 2. The zero-order chi connectivity index (χ0) is 16.4. The molecule has 0 bridgehead atoms. The van der Waals surface area contributed by atoms with Crippen molar-refractivity contribution in [2.24, 2.45) is 0 Å². The van der Waals surface area contributed by atoms with Crippen LogP contribution in [0.1, 0.15) is 5.56 Å². The van der Waals surface area contributed by atoms with E-state index in [0.29, 0.717) is 0 Å². The van der Waals surface area contributed by atoms with Gasteiger partial charge in [0.15, 0.2) is 5.50 Å². The summed E-state index contributed by atoms with van der Waals surface area (Å²) in [6, 6.07) is 3.54. The number of carbonyl (C=O) groups excluding carboxylic acids is 1. The van der Waals surface area contributed by atoms with Gasteiger partial charge < -0.3 is 10.2 Å². The van der Waals surface area contributed by atoms with Gasteiger partial charge in [0.1, 0.15) is 0 Å². The van der Waals surface area contributed by atoms with Gasteiger partial charge in [-0.1, -0.05) is 58.5 Å². The summed E-state index contributed by atoms with van der Waals surface area (Å²) in [6.45, 7) is 0. The summed E-state index contributed by atoms with van der Waals surface area (Å²) in [5.74, 6) is 0. The first-order valence-corrected chi connectivity index (χ1v) is 6.92. The molecule has 0 heterocycles. The summed E-state index contributed by atoms with van der Waals surface area (Å²) in [5.41, 5.74) is -2.78. The smallest absolute Gasteiger partial charge is 0.307 e. The average Bonchev–Trinajstić information content (AvgIpc) is 2.35. The molecular weight excluding hydrogens is 375 g/mol. The maximum atomic E-state index is 12.8. The van der Waals surface area contributed by atoms with Gasteiger partial charge in [-0.15, -0.1) is 0 Å². The summed E-state index contributed by atoms with van der Waals surface area (Å²) in [7, 11) is 1.19. The highest BCUT2D eigenvalue weighted by atomic mass is 35.6. The number of anilines is 1. The van der Waals surface area contributed by atoms with Crippen molar-refractivity contribution in [1.29, 1.82) is 0 Å². The van der Waals surface area contributed by atoms with Crippen molar-refractivity contribution in [2.45, 2.75) is 15.5 Å². The average molecular weight is 384 g/mol. The Labute approximate surface area is 138 Å². The second-order valence-electron chi connectivity index (χ2n) is 3.96. The third-order valence-electron chi connectivity index (χ3n) is 2.40. The van der Waals surface area contributed by atoms with Crippen LogP contribution in [-0.4, -0.2) is 27.3 Å². The highest BCUT2D eigenvalue weighted by Gasteiger charge is 2.37. The molecule has 1 N–H and O–H groups in total. The summed E-state index contributed by atoms with van der Waals surface area (Å²) in [5, 5.41) is 2.08. The van der Waals surface area contributed by atoms with Crippen LogP contribution < -0.4 is 5.32 Å². The largest absolute Gasteiger partial charge is 0.418 e. The van der Waals surface area contributed by atoms with Crippen LogP contribution in [0.25, 0.3) is 0 Å². The fourth-order valence-corrected chi connectivity index (χ4v) is 1.89. The molecule has 1 aromatic carbocycles. The molecule has 0 radical (unpaired) electrons. The Bertz CT molecular complexity index is 519. The molecule has 1 unspecified atom stereocenters. The maximum Gasteiger partial charge on any atom is 0.418 e. The molecule has 1 rings (SSSR count). The van der Waals surface area contributed by atoms with Crippen LogP contribution >= 0.6 is 46.4 Å². The number of nitrogens with one attached hydrogen (secondary N) is 1. The van der Waals surface area contributed by atoms with E-state index in [1.807, 2.05) is 0 Å². The van der Waals surface area contributed by atoms with Crippen molar-refractivity contribution in [3.63, 3.8) is 0 Å². The fourth-order valence-electron chi connectivity index (χ4n) is 1.37. The van der Waals surface area contributed by atoms with Crippen molar-refractivity contribution < 1.29 is 18.0 Å². The van der Waals surface area contributed by atoms with Gasteiger partial charge >= 0.3 is 12.2 Å². The van der Waals surface area contributed by atoms with E-state index in [1.165, 1.54) is 19.2 Å². The molecule has 0 aliphatic rings. The Morgan fingerprint density at radius 3 is 2.24 bits per heavy atom. The normalized spacial score (nSPS) is 13.7. The number of hydrogen-bond acceptors (Lipinski definition) is 1. The predicted molar refractivity (Wildman–Crippen MR) is 78.2 cm³/mol. The zero-order valence-electron chi connectivity index (χ0n) is 10.4.